The topological polar surface area (TPSA) is 46.9 Å². The van der Waals surface area contributed by atoms with Crippen LogP contribution in [-0.2, 0) is 0 Å². The number of nitrogens with zero attached hydrogens (tertiary/aromatic N) is 2. The minimum absolute atomic E-state index is 0.0839. The van der Waals surface area contributed by atoms with Crippen LogP contribution < -0.4 is 5.32 Å². The summed E-state index contributed by atoms with van der Waals surface area (Å²) in [5.41, 5.74) is 0.519. The highest BCUT2D eigenvalue weighted by atomic mass is 16.2. The molecule has 1 aromatic rings. The zero-order valence-electron chi connectivity index (χ0n) is 8.53. The molecule has 4 heteroatoms. The lowest BCUT2D eigenvalue weighted by atomic mass is 10.3. The summed E-state index contributed by atoms with van der Waals surface area (Å²) in [6, 6.07) is 2.47. The summed E-state index contributed by atoms with van der Waals surface area (Å²) in [4.78, 5) is 11.5. The zero-order valence-corrected chi connectivity index (χ0v) is 8.53. The molecule has 0 radical (unpaired) electrons. The molecule has 76 valence electrons. The van der Waals surface area contributed by atoms with Crippen LogP contribution in [0.1, 0.15) is 43.2 Å². The van der Waals surface area contributed by atoms with Crippen molar-refractivity contribution in [3.8, 4) is 0 Å². The Bertz CT molecular complexity index is 339. The third kappa shape index (κ3) is 1.95. The zero-order chi connectivity index (χ0) is 10.1. The summed E-state index contributed by atoms with van der Waals surface area (Å²) in [6.07, 6.45) is 4.26. The van der Waals surface area contributed by atoms with Gasteiger partial charge >= 0.3 is 0 Å². The maximum Gasteiger partial charge on any atom is 0.271 e. The van der Waals surface area contributed by atoms with E-state index in [9.17, 15) is 4.79 Å². The van der Waals surface area contributed by atoms with Gasteiger partial charge in [0.05, 0.1) is 6.04 Å². The van der Waals surface area contributed by atoms with Crippen LogP contribution in [0.15, 0.2) is 12.3 Å². The molecule has 1 N–H and O–H groups in total. The maximum atomic E-state index is 11.5. The van der Waals surface area contributed by atoms with Gasteiger partial charge in [-0.3, -0.25) is 9.48 Å². The van der Waals surface area contributed by atoms with E-state index in [-0.39, 0.29) is 11.9 Å². The highest BCUT2D eigenvalue weighted by Gasteiger charge is 2.25. The molecule has 2 rings (SSSR count). The summed E-state index contributed by atoms with van der Waals surface area (Å²) in [5, 5.41) is 7.05. The molecule has 0 saturated heterocycles. The Morgan fingerprint density at radius 2 is 2.36 bits per heavy atom. The van der Waals surface area contributed by atoms with E-state index in [0.717, 1.165) is 0 Å². The van der Waals surface area contributed by atoms with Crippen LogP contribution in [0.3, 0.4) is 0 Å². The van der Waals surface area contributed by atoms with E-state index in [1.807, 2.05) is 24.7 Å². The number of hydrogen-bond acceptors (Lipinski definition) is 2. The van der Waals surface area contributed by atoms with Crippen molar-refractivity contribution in [2.45, 2.75) is 38.8 Å². The quantitative estimate of drug-likeness (QED) is 0.787. The predicted octanol–water partition coefficient (Wildman–Crippen LogP) is 1.36. The minimum Gasteiger partial charge on any atom is -0.348 e. The van der Waals surface area contributed by atoms with E-state index < -0.39 is 0 Å². The van der Waals surface area contributed by atoms with Gasteiger partial charge in [0.15, 0.2) is 0 Å². The molecule has 1 aliphatic carbocycles. The van der Waals surface area contributed by atoms with Crippen molar-refractivity contribution < 1.29 is 4.79 Å². The van der Waals surface area contributed by atoms with E-state index in [4.69, 9.17) is 0 Å². The molecule has 1 aromatic heterocycles. The first-order valence-corrected chi connectivity index (χ1v) is 5.03. The Morgan fingerprint density at radius 3 is 2.93 bits per heavy atom. The lowest BCUT2D eigenvalue weighted by Crippen LogP contribution is -2.30. The van der Waals surface area contributed by atoms with Crippen molar-refractivity contribution in [1.82, 2.24) is 15.1 Å². The molecule has 0 aliphatic heterocycles. The summed E-state index contributed by atoms with van der Waals surface area (Å²) in [7, 11) is 0. The van der Waals surface area contributed by atoms with Crippen molar-refractivity contribution in [3.63, 3.8) is 0 Å². The van der Waals surface area contributed by atoms with Crippen molar-refractivity contribution >= 4 is 5.91 Å². The molecule has 4 nitrogen and oxygen atoms in total. The standard InChI is InChI=1S/C10H15N3O/c1-7(2)11-10(14)9-5-6-13(12-9)8-3-4-8/h5-8H,3-4H2,1-2H3,(H,11,14). The number of hydrogen-bond donors (Lipinski definition) is 1. The van der Waals surface area contributed by atoms with Crippen LogP contribution in [0.25, 0.3) is 0 Å². The molecule has 1 saturated carbocycles. The second-order valence-corrected chi connectivity index (χ2v) is 4.04. The number of nitrogens with one attached hydrogen (secondary N) is 1. The highest BCUT2D eigenvalue weighted by molar-refractivity contribution is 5.92. The molecule has 0 atom stereocenters. The van der Waals surface area contributed by atoms with Gasteiger partial charge in [0, 0.05) is 12.2 Å². The largest absolute Gasteiger partial charge is 0.348 e. The Balaban J connectivity index is 2.04. The van der Waals surface area contributed by atoms with Gasteiger partial charge in [-0.2, -0.15) is 5.10 Å². The van der Waals surface area contributed by atoms with Gasteiger partial charge in [-0.05, 0) is 32.8 Å². The number of carbonyl (C=O) groups excluding carboxylic acids is 1. The molecule has 0 aromatic carbocycles. The van der Waals surface area contributed by atoms with Crippen LogP contribution in [0.4, 0.5) is 0 Å². The van der Waals surface area contributed by atoms with Gasteiger partial charge in [-0.15, -0.1) is 0 Å². The number of amides is 1. The molecule has 0 spiro atoms. The Kier molecular flexibility index (Phi) is 2.27. The van der Waals surface area contributed by atoms with Gasteiger partial charge in [0.25, 0.3) is 5.91 Å². The first-order valence-electron chi connectivity index (χ1n) is 5.03. The first-order chi connectivity index (χ1) is 6.66. The van der Waals surface area contributed by atoms with Crippen LogP contribution in [0, 0.1) is 0 Å². The third-order valence-electron chi connectivity index (χ3n) is 2.18. The molecule has 1 amide bonds. The fourth-order valence-corrected chi connectivity index (χ4v) is 1.34. The van der Waals surface area contributed by atoms with E-state index in [0.29, 0.717) is 11.7 Å². The number of carbonyl (C=O) groups is 1. The van der Waals surface area contributed by atoms with E-state index in [2.05, 4.69) is 10.4 Å². The monoisotopic (exact) mass is 193 g/mol. The summed E-state index contributed by atoms with van der Waals surface area (Å²) < 4.78 is 1.88. The predicted molar refractivity (Wildman–Crippen MR) is 53.1 cm³/mol. The van der Waals surface area contributed by atoms with Gasteiger partial charge in [-0.25, -0.2) is 0 Å². The number of aromatic nitrogens is 2. The molecular formula is C10H15N3O. The Morgan fingerprint density at radius 1 is 1.64 bits per heavy atom. The maximum absolute atomic E-state index is 11.5. The second kappa shape index (κ2) is 3.44. The summed E-state index contributed by atoms with van der Waals surface area (Å²) in [6.45, 7) is 3.88. The van der Waals surface area contributed by atoms with E-state index >= 15 is 0 Å². The second-order valence-electron chi connectivity index (χ2n) is 4.04. The molecular weight excluding hydrogens is 178 g/mol. The van der Waals surface area contributed by atoms with Crippen LogP contribution in [0.2, 0.25) is 0 Å². The van der Waals surface area contributed by atoms with Crippen molar-refractivity contribution in [1.29, 1.82) is 0 Å². The van der Waals surface area contributed by atoms with Gasteiger partial charge in [0.1, 0.15) is 5.69 Å². The fourth-order valence-electron chi connectivity index (χ4n) is 1.34. The average molecular weight is 193 g/mol. The van der Waals surface area contributed by atoms with Crippen LogP contribution in [-0.4, -0.2) is 21.7 Å². The Hall–Kier alpha value is -1.32. The van der Waals surface area contributed by atoms with Gasteiger partial charge < -0.3 is 5.32 Å². The summed E-state index contributed by atoms with van der Waals surface area (Å²) in [5.74, 6) is -0.0839. The van der Waals surface area contributed by atoms with Crippen molar-refractivity contribution in [3.05, 3.63) is 18.0 Å². The Labute approximate surface area is 83.3 Å². The third-order valence-corrected chi connectivity index (χ3v) is 2.18. The SMILES string of the molecule is CC(C)NC(=O)c1ccn(C2CC2)n1. The van der Waals surface area contributed by atoms with Crippen LogP contribution >= 0.6 is 0 Å². The van der Waals surface area contributed by atoms with Crippen molar-refractivity contribution in [2.75, 3.05) is 0 Å². The van der Waals surface area contributed by atoms with Gasteiger partial charge in [0.2, 0.25) is 0 Å². The fraction of sp³-hybridized carbons (Fsp3) is 0.600. The minimum atomic E-state index is -0.0839. The first kappa shape index (κ1) is 9.24. The smallest absolute Gasteiger partial charge is 0.271 e. The lowest BCUT2D eigenvalue weighted by Gasteiger charge is -2.05. The average Bonchev–Trinajstić information content (AvgIpc) is 2.82. The molecule has 1 fully saturated rings. The van der Waals surface area contributed by atoms with Crippen LogP contribution in [0.5, 0.6) is 0 Å². The normalized spacial score (nSPS) is 15.9. The summed E-state index contributed by atoms with van der Waals surface area (Å²) >= 11 is 0. The molecule has 14 heavy (non-hydrogen) atoms. The molecule has 0 bridgehead atoms. The van der Waals surface area contributed by atoms with Gasteiger partial charge in [-0.1, -0.05) is 0 Å². The van der Waals surface area contributed by atoms with E-state index in [1.165, 1.54) is 12.8 Å². The number of rotatable bonds is 3. The molecule has 1 heterocycles. The lowest BCUT2D eigenvalue weighted by molar-refractivity contribution is 0.0937. The van der Waals surface area contributed by atoms with E-state index in [1.54, 1.807) is 6.07 Å². The molecule has 0 unspecified atom stereocenters. The molecule has 1 aliphatic rings. The highest BCUT2D eigenvalue weighted by Crippen LogP contribution is 2.33. The van der Waals surface area contributed by atoms with Crippen molar-refractivity contribution in [2.24, 2.45) is 0 Å².